The molecule has 1 fully saturated rings. The number of nitrogens with one attached hydrogen (secondary N) is 1. The van der Waals surface area contributed by atoms with Gasteiger partial charge in [-0.05, 0) is 44.4 Å². The van der Waals surface area contributed by atoms with Crippen LogP contribution in [0.4, 0.5) is 15.2 Å². The van der Waals surface area contributed by atoms with E-state index in [0.717, 1.165) is 17.7 Å². The summed E-state index contributed by atoms with van der Waals surface area (Å²) in [4.78, 5) is 24.2. The predicted octanol–water partition coefficient (Wildman–Crippen LogP) is 4.20. The Balaban J connectivity index is 1.56. The van der Waals surface area contributed by atoms with Crippen molar-refractivity contribution in [3.63, 3.8) is 0 Å². The summed E-state index contributed by atoms with van der Waals surface area (Å²) in [6, 6.07) is 4.40. The molecule has 1 atom stereocenters. The summed E-state index contributed by atoms with van der Waals surface area (Å²) in [7, 11) is 0. The highest BCUT2D eigenvalue weighted by Crippen LogP contribution is 2.31. The number of piperidine rings is 1. The van der Waals surface area contributed by atoms with Crippen molar-refractivity contribution in [2.75, 3.05) is 16.8 Å². The Morgan fingerprint density at radius 2 is 2.28 bits per heavy atom. The van der Waals surface area contributed by atoms with Crippen LogP contribution in [0.25, 0.3) is 11.4 Å². The Morgan fingerprint density at radius 1 is 1.41 bits per heavy atom. The number of anilines is 2. The van der Waals surface area contributed by atoms with Crippen LogP contribution in [0.5, 0.6) is 0 Å². The van der Waals surface area contributed by atoms with Crippen molar-refractivity contribution in [3.8, 4) is 11.4 Å². The first-order chi connectivity index (χ1) is 14.0. The number of aryl methyl sites for hydroxylation is 2. The summed E-state index contributed by atoms with van der Waals surface area (Å²) in [5, 5.41) is 7.33. The predicted molar refractivity (Wildman–Crippen MR) is 110 cm³/mol. The monoisotopic (exact) mass is 415 g/mol. The second-order valence-electron chi connectivity index (χ2n) is 7.00. The summed E-state index contributed by atoms with van der Waals surface area (Å²) in [6.07, 6.45) is 4.85. The molecular formula is C20H22FN5O2S. The van der Waals surface area contributed by atoms with Crippen LogP contribution in [0.2, 0.25) is 0 Å². The van der Waals surface area contributed by atoms with E-state index >= 15 is 4.39 Å². The van der Waals surface area contributed by atoms with E-state index in [1.807, 2.05) is 18.7 Å². The van der Waals surface area contributed by atoms with E-state index in [-0.39, 0.29) is 5.91 Å². The van der Waals surface area contributed by atoms with Crippen molar-refractivity contribution in [3.05, 3.63) is 41.0 Å². The van der Waals surface area contributed by atoms with Gasteiger partial charge in [-0.3, -0.25) is 4.79 Å². The molecule has 0 bridgehead atoms. The van der Waals surface area contributed by atoms with Gasteiger partial charge in [0.05, 0.1) is 5.69 Å². The highest BCUT2D eigenvalue weighted by molar-refractivity contribution is 7.15. The molecule has 1 N–H and O–H groups in total. The summed E-state index contributed by atoms with van der Waals surface area (Å²) >= 11 is 1.43. The smallest absolute Gasteiger partial charge is 0.248 e. The van der Waals surface area contributed by atoms with Crippen LogP contribution in [-0.4, -0.2) is 33.6 Å². The van der Waals surface area contributed by atoms with Crippen LogP contribution < -0.4 is 10.2 Å². The molecule has 1 amide bonds. The van der Waals surface area contributed by atoms with Crippen molar-refractivity contribution in [1.82, 2.24) is 15.1 Å². The number of nitrogens with zero attached hydrogens (tertiary/aromatic N) is 4. The van der Waals surface area contributed by atoms with E-state index in [9.17, 15) is 4.79 Å². The minimum Gasteiger partial charge on any atom is -0.357 e. The van der Waals surface area contributed by atoms with Crippen LogP contribution in [0, 0.1) is 12.7 Å². The highest BCUT2D eigenvalue weighted by Gasteiger charge is 2.31. The molecule has 1 saturated heterocycles. The molecule has 4 rings (SSSR count). The molecule has 29 heavy (non-hydrogen) atoms. The van der Waals surface area contributed by atoms with Gasteiger partial charge in [-0.25, -0.2) is 9.37 Å². The summed E-state index contributed by atoms with van der Waals surface area (Å²) in [6.45, 7) is 4.47. The van der Waals surface area contributed by atoms with Gasteiger partial charge in [0.25, 0.3) is 0 Å². The van der Waals surface area contributed by atoms with Crippen LogP contribution >= 0.6 is 11.3 Å². The van der Waals surface area contributed by atoms with Gasteiger partial charge in [0.15, 0.2) is 5.13 Å². The second kappa shape index (κ2) is 8.28. The normalized spacial score (nSPS) is 16.8. The molecule has 2 aromatic heterocycles. The first kappa shape index (κ1) is 19.5. The van der Waals surface area contributed by atoms with Crippen LogP contribution in [0.3, 0.4) is 0 Å². The van der Waals surface area contributed by atoms with E-state index < -0.39 is 11.9 Å². The molecule has 0 saturated carbocycles. The minimum absolute atomic E-state index is 0.159. The lowest BCUT2D eigenvalue weighted by Crippen LogP contribution is -2.47. The van der Waals surface area contributed by atoms with Crippen LogP contribution in [0.1, 0.15) is 37.0 Å². The molecule has 1 aliphatic heterocycles. The van der Waals surface area contributed by atoms with Gasteiger partial charge < -0.3 is 14.7 Å². The Kier molecular flexibility index (Phi) is 5.57. The summed E-state index contributed by atoms with van der Waals surface area (Å²) in [5.74, 6) is 0.303. The number of hydrogen-bond acceptors (Lipinski definition) is 7. The van der Waals surface area contributed by atoms with Gasteiger partial charge in [-0.1, -0.05) is 12.1 Å². The highest BCUT2D eigenvalue weighted by atomic mass is 32.1. The average Bonchev–Trinajstić information content (AvgIpc) is 3.37. The molecule has 1 aliphatic rings. The molecule has 152 valence electrons. The molecule has 0 radical (unpaired) electrons. The van der Waals surface area contributed by atoms with Crippen molar-refractivity contribution in [2.24, 2.45) is 0 Å². The van der Waals surface area contributed by atoms with Gasteiger partial charge in [-0.2, -0.15) is 4.98 Å². The topological polar surface area (TPSA) is 84.2 Å². The van der Waals surface area contributed by atoms with Gasteiger partial charge >= 0.3 is 0 Å². The third-order valence-corrected chi connectivity index (χ3v) is 5.77. The number of hydrogen-bond donors (Lipinski definition) is 1. The van der Waals surface area contributed by atoms with Crippen molar-refractivity contribution >= 4 is 28.1 Å². The maximum Gasteiger partial charge on any atom is 0.248 e. The second-order valence-corrected chi connectivity index (χ2v) is 8.24. The number of amides is 1. The van der Waals surface area contributed by atoms with Crippen LogP contribution in [0.15, 0.2) is 28.9 Å². The molecule has 3 aromatic rings. The van der Waals surface area contributed by atoms with Crippen molar-refractivity contribution in [1.29, 1.82) is 0 Å². The molecule has 1 unspecified atom stereocenters. The maximum atomic E-state index is 15.0. The van der Waals surface area contributed by atoms with E-state index in [0.29, 0.717) is 47.5 Å². The Hall–Kier alpha value is -2.81. The average molecular weight is 415 g/mol. The molecule has 1 aromatic carbocycles. The van der Waals surface area contributed by atoms with E-state index in [1.165, 1.54) is 17.4 Å². The Bertz CT molecular complexity index is 1020. The minimum atomic E-state index is -0.440. The molecular weight excluding hydrogens is 393 g/mol. The number of halogens is 1. The first-order valence-corrected chi connectivity index (χ1v) is 10.5. The zero-order valence-corrected chi connectivity index (χ0v) is 17.1. The molecule has 0 spiro atoms. The maximum absolute atomic E-state index is 15.0. The zero-order valence-electron chi connectivity index (χ0n) is 16.3. The van der Waals surface area contributed by atoms with Gasteiger partial charge in [0.2, 0.25) is 17.6 Å². The number of carbonyl (C=O) groups is 1. The number of carbonyl (C=O) groups excluding carboxylic acids is 1. The fourth-order valence-corrected chi connectivity index (χ4v) is 4.16. The largest absolute Gasteiger partial charge is 0.357 e. The third-order valence-electron chi connectivity index (χ3n) is 4.94. The van der Waals surface area contributed by atoms with Gasteiger partial charge in [0.1, 0.15) is 11.9 Å². The van der Waals surface area contributed by atoms with Crippen molar-refractivity contribution < 1.29 is 13.7 Å². The lowest BCUT2D eigenvalue weighted by Gasteiger charge is -2.36. The molecule has 7 nitrogen and oxygen atoms in total. The Labute approximate surface area is 172 Å². The van der Waals surface area contributed by atoms with E-state index in [1.54, 1.807) is 18.3 Å². The van der Waals surface area contributed by atoms with Gasteiger partial charge in [0, 0.05) is 29.6 Å². The number of thiazole rings is 1. The van der Waals surface area contributed by atoms with E-state index in [4.69, 9.17) is 4.52 Å². The lowest BCUT2D eigenvalue weighted by molar-refractivity contribution is -0.117. The standard InChI is InChI=1S/C20H22FN5O2S/c1-3-17-23-18(25-28-17)13-7-8-15(14(21)10-13)26-9-5-4-6-16(26)19(27)24-20-22-11-12(2)29-20/h7-8,10-11,16H,3-6,9H2,1-2H3,(H,22,24,27). The fourth-order valence-electron chi connectivity index (χ4n) is 3.49. The summed E-state index contributed by atoms with van der Waals surface area (Å²) in [5.41, 5.74) is 0.953. The quantitative estimate of drug-likeness (QED) is 0.672. The van der Waals surface area contributed by atoms with Gasteiger partial charge in [-0.15, -0.1) is 11.3 Å². The Morgan fingerprint density at radius 3 is 2.97 bits per heavy atom. The number of aromatic nitrogens is 3. The summed E-state index contributed by atoms with van der Waals surface area (Å²) < 4.78 is 20.1. The molecule has 0 aliphatic carbocycles. The fraction of sp³-hybridized carbons (Fsp3) is 0.400. The SMILES string of the molecule is CCc1nc(-c2ccc(N3CCCCC3C(=O)Nc3ncc(C)s3)c(F)c2)no1. The van der Waals surface area contributed by atoms with Crippen molar-refractivity contribution in [2.45, 2.75) is 45.6 Å². The zero-order chi connectivity index (χ0) is 20.4. The lowest BCUT2D eigenvalue weighted by atomic mass is 10.00. The third kappa shape index (κ3) is 4.14. The van der Waals surface area contributed by atoms with Crippen LogP contribution in [-0.2, 0) is 11.2 Å². The van der Waals surface area contributed by atoms with E-state index in [2.05, 4.69) is 20.4 Å². The number of benzene rings is 1. The molecule has 9 heteroatoms. The molecule has 3 heterocycles. The first-order valence-electron chi connectivity index (χ1n) is 9.67. The number of rotatable bonds is 5.